The molecule has 0 spiro atoms. The standard InChI is InChI=1S/C17H17N3O2/c21-16-8-7-15(12-5-6-12)18-20(16)11-17(22)19-9-13-3-1-2-4-14(13)10-19/h1-4,7-8,12H,5-6,9-11H2. The monoisotopic (exact) mass is 295 g/mol. The molecule has 1 aromatic heterocycles. The van der Waals surface area contributed by atoms with Crippen molar-refractivity contribution in [3.63, 3.8) is 0 Å². The molecule has 5 nitrogen and oxygen atoms in total. The minimum absolute atomic E-state index is 0.0212. The number of amides is 1. The molecule has 0 N–H and O–H groups in total. The Morgan fingerprint density at radius 1 is 1.09 bits per heavy atom. The van der Waals surface area contributed by atoms with Gasteiger partial charge in [-0.2, -0.15) is 5.10 Å². The molecule has 1 saturated carbocycles. The molecule has 0 atom stereocenters. The lowest BCUT2D eigenvalue weighted by Gasteiger charge is -2.16. The molecule has 22 heavy (non-hydrogen) atoms. The van der Waals surface area contributed by atoms with E-state index in [4.69, 9.17) is 0 Å². The Labute approximate surface area is 128 Å². The molecule has 1 aliphatic heterocycles. The highest BCUT2D eigenvalue weighted by Crippen LogP contribution is 2.38. The van der Waals surface area contributed by atoms with Crippen LogP contribution in [-0.4, -0.2) is 20.6 Å². The highest BCUT2D eigenvalue weighted by Gasteiger charge is 2.27. The van der Waals surface area contributed by atoms with Gasteiger partial charge in [-0.05, 0) is 30.0 Å². The molecule has 1 aliphatic carbocycles. The summed E-state index contributed by atoms with van der Waals surface area (Å²) in [4.78, 5) is 26.2. The minimum Gasteiger partial charge on any atom is -0.332 e. The summed E-state index contributed by atoms with van der Waals surface area (Å²) < 4.78 is 1.30. The van der Waals surface area contributed by atoms with Crippen LogP contribution >= 0.6 is 0 Å². The van der Waals surface area contributed by atoms with Gasteiger partial charge in [0.05, 0.1) is 5.69 Å². The van der Waals surface area contributed by atoms with Crippen molar-refractivity contribution in [2.24, 2.45) is 0 Å². The molecule has 0 unspecified atom stereocenters. The van der Waals surface area contributed by atoms with Gasteiger partial charge >= 0.3 is 0 Å². The fourth-order valence-electron chi connectivity index (χ4n) is 2.91. The van der Waals surface area contributed by atoms with Gasteiger partial charge in [-0.15, -0.1) is 0 Å². The van der Waals surface area contributed by atoms with Crippen molar-refractivity contribution < 1.29 is 4.79 Å². The number of aromatic nitrogens is 2. The predicted octanol–water partition coefficient (Wildman–Crippen LogP) is 1.66. The van der Waals surface area contributed by atoms with E-state index in [1.807, 2.05) is 24.3 Å². The normalized spacial score (nSPS) is 16.6. The number of carbonyl (C=O) groups is 1. The van der Waals surface area contributed by atoms with Crippen LogP contribution in [0.15, 0.2) is 41.2 Å². The topological polar surface area (TPSA) is 55.2 Å². The molecule has 4 rings (SSSR count). The first-order chi connectivity index (χ1) is 10.7. The first-order valence-electron chi connectivity index (χ1n) is 7.63. The molecular formula is C17H17N3O2. The van der Waals surface area contributed by atoms with Crippen LogP contribution < -0.4 is 5.56 Å². The van der Waals surface area contributed by atoms with Crippen molar-refractivity contribution in [1.82, 2.24) is 14.7 Å². The summed E-state index contributed by atoms with van der Waals surface area (Å²) in [5.41, 5.74) is 3.08. The van der Waals surface area contributed by atoms with E-state index < -0.39 is 0 Å². The first-order valence-corrected chi connectivity index (χ1v) is 7.63. The van der Waals surface area contributed by atoms with Gasteiger partial charge in [-0.1, -0.05) is 24.3 Å². The smallest absolute Gasteiger partial charge is 0.267 e. The zero-order chi connectivity index (χ0) is 15.1. The van der Waals surface area contributed by atoms with Crippen molar-refractivity contribution in [2.75, 3.05) is 0 Å². The van der Waals surface area contributed by atoms with Crippen molar-refractivity contribution in [3.05, 3.63) is 63.6 Å². The second-order valence-corrected chi connectivity index (χ2v) is 6.05. The van der Waals surface area contributed by atoms with E-state index in [0.717, 1.165) is 18.5 Å². The van der Waals surface area contributed by atoms with Crippen LogP contribution in [0, 0.1) is 0 Å². The maximum atomic E-state index is 12.5. The highest BCUT2D eigenvalue weighted by molar-refractivity contribution is 5.76. The van der Waals surface area contributed by atoms with Crippen LogP contribution in [0.3, 0.4) is 0 Å². The van der Waals surface area contributed by atoms with Crippen LogP contribution in [0.1, 0.15) is 35.6 Å². The zero-order valence-corrected chi connectivity index (χ0v) is 12.2. The number of nitrogens with zero attached hydrogens (tertiary/aromatic N) is 3. The number of fused-ring (bicyclic) bond motifs is 1. The van der Waals surface area contributed by atoms with E-state index in [-0.39, 0.29) is 18.0 Å². The van der Waals surface area contributed by atoms with Gasteiger partial charge in [0.25, 0.3) is 5.56 Å². The van der Waals surface area contributed by atoms with E-state index in [2.05, 4.69) is 5.10 Å². The molecule has 2 aliphatic rings. The Hall–Kier alpha value is -2.43. The average molecular weight is 295 g/mol. The van der Waals surface area contributed by atoms with Crippen molar-refractivity contribution >= 4 is 5.91 Å². The second kappa shape index (κ2) is 5.09. The average Bonchev–Trinajstić information content (AvgIpc) is 3.27. The summed E-state index contributed by atoms with van der Waals surface area (Å²) in [6.07, 6.45) is 2.25. The van der Waals surface area contributed by atoms with Crippen LogP contribution in [0.4, 0.5) is 0 Å². The summed E-state index contributed by atoms with van der Waals surface area (Å²) >= 11 is 0. The molecule has 0 radical (unpaired) electrons. The summed E-state index contributed by atoms with van der Waals surface area (Å²) in [5, 5.41) is 4.35. The third kappa shape index (κ3) is 2.43. The predicted molar refractivity (Wildman–Crippen MR) is 81.2 cm³/mol. The van der Waals surface area contributed by atoms with Gasteiger partial charge in [0.15, 0.2) is 0 Å². The molecular weight excluding hydrogens is 278 g/mol. The quantitative estimate of drug-likeness (QED) is 0.865. The summed E-state index contributed by atoms with van der Waals surface area (Å²) in [6, 6.07) is 11.4. The lowest BCUT2D eigenvalue weighted by atomic mass is 10.1. The van der Waals surface area contributed by atoms with E-state index in [9.17, 15) is 9.59 Å². The highest BCUT2D eigenvalue weighted by atomic mass is 16.2. The molecule has 112 valence electrons. The third-order valence-corrected chi connectivity index (χ3v) is 4.36. The van der Waals surface area contributed by atoms with Crippen molar-refractivity contribution in [1.29, 1.82) is 0 Å². The Morgan fingerprint density at radius 3 is 2.41 bits per heavy atom. The molecule has 1 aromatic carbocycles. The fourth-order valence-corrected chi connectivity index (χ4v) is 2.91. The lowest BCUT2D eigenvalue weighted by molar-refractivity contribution is -0.132. The lowest BCUT2D eigenvalue weighted by Crippen LogP contribution is -2.34. The molecule has 2 aromatic rings. The minimum atomic E-state index is -0.213. The number of benzene rings is 1. The molecule has 0 bridgehead atoms. The molecule has 1 fully saturated rings. The van der Waals surface area contributed by atoms with Crippen LogP contribution in [0.5, 0.6) is 0 Å². The van der Waals surface area contributed by atoms with E-state index in [0.29, 0.717) is 19.0 Å². The summed E-state index contributed by atoms with van der Waals surface area (Å²) in [7, 11) is 0. The zero-order valence-electron chi connectivity index (χ0n) is 12.2. The van der Waals surface area contributed by atoms with Crippen LogP contribution in [-0.2, 0) is 24.4 Å². The SMILES string of the molecule is O=C(Cn1nc(C2CC2)ccc1=O)N1Cc2ccccc2C1. The molecule has 5 heteroatoms. The number of rotatable bonds is 3. The summed E-state index contributed by atoms with van der Waals surface area (Å²) in [6.45, 7) is 1.26. The van der Waals surface area contributed by atoms with E-state index >= 15 is 0 Å². The number of hydrogen-bond donors (Lipinski definition) is 0. The van der Waals surface area contributed by atoms with Gasteiger partial charge in [0, 0.05) is 25.1 Å². The van der Waals surface area contributed by atoms with Gasteiger partial charge < -0.3 is 4.90 Å². The first kappa shape index (κ1) is 13.2. The van der Waals surface area contributed by atoms with Gasteiger partial charge in [-0.25, -0.2) is 4.68 Å². The molecule has 1 amide bonds. The van der Waals surface area contributed by atoms with Gasteiger partial charge in [0.2, 0.25) is 5.91 Å². The van der Waals surface area contributed by atoms with Crippen molar-refractivity contribution in [2.45, 2.75) is 38.4 Å². The molecule has 0 saturated heterocycles. The van der Waals surface area contributed by atoms with Crippen LogP contribution in [0.2, 0.25) is 0 Å². The van der Waals surface area contributed by atoms with Crippen LogP contribution in [0.25, 0.3) is 0 Å². The Bertz CT molecular complexity index is 767. The molecule has 2 heterocycles. The Kier molecular flexibility index (Phi) is 3.06. The summed E-state index contributed by atoms with van der Waals surface area (Å²) in [5.74, 6) is 0.414. The Balaban J connectivity index is 1.51. The van der Waals surface area contributed by atoms with E-state index in [1.165, 1.54) is 21.9 Å². The van der Waals surface area contributed by atoms with Crippen molar-refractivity contribution in [3.8, 4) is 0 Å². The third-order valence-electron chi connectivity index (χ3n) is 4.36. The number of hydrogen-bond acceptors (Lipinski definition) is 3. The largest absolute Gasteiger partial charge is 0.332 e. The maximum Gasteiger partial charge on any atom is 0.267 e. The maximum absolute atomic E-state index is 12.5. The van der Waals surface area contributed by atoms with E-state index in [1.54, 1.807) is 11.0 Å². The number of carbonyl (C=O) groups excluding carboxylic acids is 1. The van der Waals surface area contributed by atoms with Gasteiger partial charge in [0.1, 0.15) is 6.54 Å². The van der Waals surface area contributed by atoms with Gasteiger partial charge in [-0.3, -0.25) is 9.59 Å². The second-order valence-electron chi connectivity index (χ2n) is 6.05. The fraction of sp³-hybridized carbons (Fsp3) is 0.353. The Morgan fingerprint density at radius 2 is 1.77 bits per heavy atom.